The molecule has 0 aliphatic carbocycles. The SMILES string of the molecule is N#C/C(=N\Nc1cc(Cl)cc(Cl)c1)c1nc(-c2ccc(F)cc2)cs1. The van der Waals surface area contributed by atoms with Crippen LogP contribution in [0.2, 0.25) is 10.0 Å². The Kier molecular flexibility index (Phi) is 5.29. The Morgan fingerprint density at radius 3 is 2.48 bits per heavy atom. The van der Waals surface area contributed by atoms with Crippen LogP contribution in [0.5, 0.6) is 0 Å². The molecule has 25 heavy (non-hydrogen) atoms. The summed E-state index contributed by atoms with van der Waals surface area (Å²) in [5, 5.41) is 16.5. The minimum atomic E-state index is -0.317. The fourth-order valence-electron chi connectivity index (χ4n) is 2.00. The number of rotatable bonds is 4. The molecule has 0 fully saturated rings. The van der Waals surface area contributed by atoms with Gasteiger partial charge in [0.15, 0.2) is 10.7 Å². The summed E-state index contributed by atoms with van der Waals surface area (Å²) in [6.07, 6.45) is 0. The van der Waals surface area contributed by atoms with Crippen LogP contribution in [0.3, 0.4) is 0 Å². The maximum Gasteiger partial charge on any atom is 0.196 e. The number of nitriles is 1. The molecule has 0 aliphatic heterocycles. The zero-order chi connectivity index (χ0) is 17.8. The van der Waals surface area contributed by atoms with Crippen LogP contribution < -0.4 is 5.43 Å². The van der Waals surface area contributed by atoms with Gasteiger partial charge in [-0.2, -0.15) is 10.4 Å². The van der Waals surface area contributed by atoms with E-state index in [1.807, 2.05) is 6.07 Å². The Bertz CT molecular complexity index is 957. The highest BCUT2D eigenvalue weighted by molar-refractivity contribution is 7.12. The van der Waals surface area contributed by atoms with E-state index in [9.17, 15) is 9.65 Å². The Hall–Kier alpha value is -2.46. The van der Waals surface area contributed by atoms with Gasteiger partial charge in [-0.15, -0.1) is 11.3 Å². The predicted octanol–water partition coefficient (Wildman–Crippen LogP) is 5.60. The standard InChI is InChI=1S/C17H9Cl2FN4S/c18-11-5-12(19)7-14(6-11)23-24-15(8-21)17-22-16(9-25-17)10-1-3-13(20)4-2-10/h1-7,9,23H/b24-15+. The van der Waals surface area contributed by atoms with E-state index in [0.717, 1.165) is 5.56 Å². The number of hydrazone groups is 1. The van der Waals surface area contributed by atoms with Crippen LogP contribution in [0.1, 0.15) is 5.01 Å². The van der Waals surface area contributed by atoms with Crippen LogP contribution >= 0.6 is 34.5 Å². The highest BCUT2D eigenvalue weighted by Gasteiger charge is 2.11. The number of thiazole rings is 1. The molecule has 3 rings (SSSR count). The lowest BCUT2D eigenvalue weighted by molar-refractivity contribution is 0.628. The average molecular weight is 391 g/mol. The van der Waals surface area contributed by atoms with Crippen LogP contribution in [-0.2, 0) is 0 Å². The Morgan fingerprint density at radius 2 is 1.84 bits per heavy atom. The zero-order valence-corrected chi connectivity index (χ0v) is 14.8. The van der Waals surface area contributed by atoms with Gasteiger partial charge in [0.1, 0.15) is 11.9 Å². The molecule has 3 aromatic rings. The maximum absolute atomic E-state index is 13.0. The first kappa shape index (κ1) is 17.4. The molecular formula is C17H9Cl2FN4S. The minimum absolute atomic E-state index is 0.120. The van der Waals surface area contributed by atoms with Gasteiger partial charge in [0.05, 0.1) is 11.4 Å². The van der Waals surface area contributed by atoms with Crippen LogP contribution in [0.15, 0.2) is 52.9 Å². The summed E-state index contributed by atoms with van der Waals surface area (Å²) in [6.45, 7) is 0. The van der Waals surface area contributed by atoms with Crippen molar-refractivity contribution in [2.75, 3.05) is 5.43 Å². The van der Waals surface area contributed by atoms with Gasteiger partial charge in [0.2, 0.25) is 0 Å². The first-order valence-corrected chi connectivity index (χ1v) is 8.60. The molecule has 0 bridgehead atoms. The largest absolute Gasteiger partial charge is 0.277 e. The second-order valence-electron chi connectivity index (χ2n) is 4.89. The van der Waals surface area contributed by atoms with Crippen molar-refractivity contribution in [1.29, 1.82) is 5.26 Å². The third-order valence-corrected chi connectivity index (χ3v) is 4.40. The number of hydrogen-bond acceptors (Lipinski definition) is 5. The lowest BCUT2D eigenvalue weighted by Gasteiger charge is -2.02. The molecule has 8 heteroatoms. The van der Waals surface area contributed by atoms with Crippen molar-refractivity contribution in [3.05, 3.63) is 68.7 Å². The quantitative estimate of drug-likeness (QED) is 0.466. The molecule has 2 aromatic carbocycles. The Labute approximate surface area is 157 Å². The van der Waals surface area contributed by atoms with E-state index in [4.69, 9.17) is 23.2 Å². The molecule has 0 atom stereocenters. The normalized spacial score (nSPS) is 11.2. The molecule has 4 nitrogen and oxygen atoms in total. The molecule has 1 aromatic heterocycles. The fourth-order valence-corrected chi connectivity index (χ4v) is 3.29. The van der Waals surface area contributed by atoms with Gasteiger partial charge < -0.3 is 0 Å². The molecule has 0 saturated carbocycles. The van der Waals surface area contributed by atoms with E-state index in [-0.39, 0.29) is 11.5 Å². The third kappa shape index (κ3) is 4.34. The number of halogens is 3. The topological polar surface area (TPSA) is 61.1 Å². The van der Waals surface area contributed by atoms with Gasteiger partial charge in [0.25, 0.3) is 0 Å². The highest BCUT2D eigenvalue weighted by atomic mass is 35.5. The Balaban J connectivity index is 1.84. The van der Waals surface area contributed by atoms with Crippen LogP contribution in [0.4, 0.5) is 10.1 Å². The van der Waals surface area contributed by atoms with Crippen LogP contribution in [0.25, 0.3) is 11.3 Å². The summed E-state index contributed by atoms with van der Waals surface area (Å²) in [4.78, 5) is 4.38. The predicted molar refractivity (Wildman–Crippen MR) is 99.7 cm³/mol. The lowest BCUT2D eigenvalue weighted by atomic mass is 10.2. The van der Waals surface area contributed by atoms with Gasteiger partial charge in [-0.25, -0.2) is 9.37 Å². The second kappa shape index (κ2) is 7.62. The van der Waals surface area contributed by atoms with Gasteiger partial charge in [0, 0.05) is 21.0 Å². The lowest BCUT2D eigenvalue weighted by Crippen LogP contribution is -2.01. The van der Waals surface area contributed by atoms with E-state index >= 15 is 0 Å². The molecule has 0 amide bonds. The van der Waals surface area contributed by atoms with Gasteiger partial charge in [-0.3, -0.25) is 5.43 Å². The summed E-state index contributed by atoms with van der Waals surface area (Å²) in [5.41, 5.74) is 4.83. The number of anilines is 1. The van der Waals surface area contributed by atoms with Crippen molar-refractivity contribution in [2.45, 2.75) is 0 Å². The molecule has 0 aliphatic rings. The van der Waals surface area contributed by atoms with Crippen molar-refractivity contribution in [1.82, 2.24) is 4.98 Å². The number of hydrogen-bond donors (Lipinski definition) is 1. The number of benzene rings is 2. The van der Waals surface area contributed by atoms with Crippen molar-refractivity contribution in [2.24, 2.45) is 5.10 Å². The molecule has 0 saturated heterocycles. The number of nitrogens with one attached hydrogen (secondary N) is 1. The molecule has 0 unspecified atom stereocenters. The van der Waals surface area contributed by atoms with Crippen molar-refractivity contribution in [3.8, 4) is 17.3 Å². The summed E-state index contributed by atoms with van der Waals surface area (Å²) in [7, 11) is 0. The first-order chi connectivity index (χ1) is 12.0. The molecular weight excluding hydrogens is 382 g/mol. The van der Waals surface area contributed by atoms with E-state index in [2.05, 4.69) is 15.5 Å². The zero-order valence-electron chi connectivity index (χ0n) is 12.5. The number of aromatic nitrogens is 1. The van der Waals surface area contributed by atoms with Crippen LogP contribution in [-0.4, -0.2) is 10.7 Å². The summed E-state index contributed by atoms with van der Waals surface area (Å²) >= 11 is 13.1. The molecule has 0 radical (unpaired) electrons. The van der Waals surface area contributed by atoms with E-state index < -0.39 is 0 Å². The molecule has 124 valence electrons. The van der Waals surface area contributed by atoms with Gasteiger partial charge >= 0.3 is 0 Å². The van der Waals surface area contributed by atoms with E-state index in [1.165, 1.54) is 23.5 Å². The Morgan fingerprint density at radius 1 is 1.16 bits per heavy atom. The van der Waals surface area contributed by atoms with E-state index in [1.54, 1.807) is 35.7 Å². The highest BCUT2D eigenvalue weighted by Crippen LogP contribution is 2.24. The summed E-state index contributed by atoms with van der Waals surface area (Å²) < 4.78 is 13.0. The summed E-state index contributed by atoms with van der Waals surface area (Å²) in [6, 6.07) is 12.8. The molecule has 1 N–H and O–H groups in total. The average Bonchev–Trinajstić information content (AvgIpc) is 3.05. The van der Waals surface area contributed by atoms with Crippen molar-refractivity contribution in [3.63, 3.8) is 0 Å². The monoisotopic (exact) mass is 390 g/mol. The minimum Gasteiger partial charge on any atom is -0.277 e. The van der Waals surface area contributed by atoms with Crippen molar-refractivity contribution < 1.29 is 4.39 Å². The molecule has 0 spiro atoms. The third-order valence-electron chi connectivity index (χ3n) is 3.11. The smallest absolute Gasteiger partial charge is 0.196 e. The number of nitrogens with zero attached hydrogens (tertiary/aromatic N) is 3. The van der Waals surface area contributed by atoms with Gasteiger partial charge in [-0.05, 0) is 42.5 Å². The second-order valence-corrected chi connectivity index (χ2v) is 6.62. The van der Waals surface area contributed by atoms with Crippen LogP contribution in [0, 0.1) is 17.1 Å². The first-order valence-electron chi connectivity index (χ1n) is 6.97. The van der Waals surface area contributed by atoms with Gasteiger partial charge in [-0.1, -0.05) is 23.2 Å². The maximum atomic E-state index is 13.0. The fraction of sp³-hybridized carbons (Fsp3) is 0. The van der Waals surface area contributed by atoms with E-state index in [0.29, 0.717) is 26.4 Å². The van der Waals surface area contributed by atoms with Crippen molar-refractivity contribution >= 4 is 45.9 Å². The summed E-state index contributed by atoms with van der Waals surface area (Å²) in [5.74, 6) is -0.317. The molecule has 1 heterocycles.